The number of Topliss-reactive ketones (excluding diaryl/α,β-unsaturated/α-hetero) is 1. The lowest BCUT2D eigenvalue weighted by molar-refractivity contribution is -0.140. The smallest absolute Gasteiger partial charge is 0.295 e. The molecule has 6 nitrogen and oxygen atoms in total. The van der Waals surface area contributed by atoms with Crippen LogP contribution in [0.15, 0.2) is 58.6 Å². The highest BCUT2D eigenvalue weighted by Gasteiger charge is 2.47. The first-order valence-corrected chi connectivity index (χ1v) is 11.2. The highest BCUT2D eigenvalue weighted by Crippen LogP contribution is 2.40. The first-order valence-electron chi connectivity index (χ1n) is 10.4. The number of ketones is 1. The summed E-state index contributed by atoms with van der Waals surface area (Å²) in [6, 6.07) is 13.6. The average Bonchev–Trinajstić information content (AvgIpc) is 3.36. The molecule has 31 heavy (non-hydrogen) atoms. The quantitative estimate of drug-likeness (QED) is 0.371. The molecule has 2 aromatic rings. The third-order valence-corrected chi connectivity index (χ3v) is 6.06. The maximum Gasteiger partial charge on any atom is 0.295 e. The van der Waals surface area contributed by atoms with Crippen LogP contribution >= 0.6 is 15.9 Å². The van der Waals surface area contributed by atoms with Crippen LogP contribution in [0.3, 0.4) is 0 Å². The summed E-state index contributed by atoms with van der Waals surface area (Å²) < 4.78 is 12.0. The van der Waals surface area contributed by atoms with Crippen LogP contribution in [0.5, 0.6) is 5.75 Å². The van der Waals surface area contributed by atoms with Crippen molar-refractivity contribution in [3.05, 3.63) is 69.7 Å². The molecule has 7 heteroatoms. The molecule has 0 spiro atoms. The Hall–Kier alpha value is -2.64. The van der Waals surface area contributed by atoms with Crippen LogP contribution in [0.1, 0.15) is 36.9 Å². The molecule has 2 fully saturated rings. The van der Waals surface area contributed by atoms with Crippen LogP contribution in [0, 0.1) is 0 Å². The van der Waals surface area contributed by atoms with Crippen molar-refractivity contribution in [2.24, 2.45) is 0 Å². The molecule has 0 bridgehead atoms. The highest BCUT2D eigenvalue weighted by atomic mass is 79.9. The van der Waals surface area contributed by atoms with Gasteiger partial charge in [-0.25, -0.2) is 0 Å². The van der Waals surface area contributed by atoms with Crippen molar-refractivity contribution in [2.75, 3.05) is 19.8 Å². The zero-order chi connectivity index (χ0) is 22.0. The van der Waals surface area contributed by atoms with E-state index in [0.29, 0.717) is 31.1 Å². The van der Waals surface area contributed by atoms with E-state index in [1.807, 2.05) is 31.2 Å². The summed E-state index contributed by atoms with van der Waals surface area (Å²) in [5.74, 6) is -0.829. The van der Waals surface area contributed by atoms with E-state index in [2.05, 4.69) is 15.9 Å². The summed E-state index contributed by atoms with van der Waals surface area (Å²) in [7, 11) is 0. The molecule has 4 rings (SSSR count). The number of benzene rings is 2. The van der Waals surface area contributed by atoms with E-state index in [0.717, 1.165) is 22.9 Å². The molecule has 2 aromatic carbocycles. The van der Waals surface area contributed by atoms with Gasteiger partial charge in [0.05, 0.1) is 24.3 Å². The molecule has 0 aromatic heterocycles. The second-order valence-corrected chi connectivity index (χ2v) is 8.51. The Labute approximate surface area is 189 Å². The van der Waals surface area contributed by atoms with Gasteiger partial charge in [0.1, 0.15) is 11.5 Å². The third-order valence-electron chi connectivity index (χ3n) is 5.57. The normalized spacial score (nSPS) is 22.8. The topological polar surface area (TPSA) is 76.1 Å². The van der Waals surface area contributed by atoms with Gasteiger partial charge in [-0.15, -0.1) is 0 Å². The second kappa shape index (κ2) is 9.24. The molecule has 0 radical (unpaired) electrons. The van der Waals surface area contributed by atoms with Gasteiger partial charge in [-0.2, -0.15) is 0 Å². The summed E-state index contributed by atoms with van der Waals surface area (Å²) in [6.45, 7) is 3.38. The molecule has 2 aliphatic rings. The number of nitrogens with zero attached hydrogens (tertiary/aromatic N) is 1. The molecule has 1 N–H and O–H groups in total. The summed E-state index contributed by atoms with van der Waals surface area (Å²) in [5, 5.41) is 11.1. The number of halogens is 1. The zero-order valence-electron chi connectivity index (χ0n) is 17.2. The van der Waals surface area contributed by atoms with Crippen molar-refractivity contribution < 1.29 is 24.2 Å². The van der Waals surface area contributed by atoms with Crippen LogP contribution in [-0.2, 0) is 14.3 Å². The number of rotatable bonds is 6. The highest BCUT2D eigenvalue weighted by molar-refractivity contribution is 9.10. The average molecular weight is 486 g/mol. The molecular weight excluding hydrogens is 462 g/mol. The van der Waals surface area contributed by atoms with Crippen LogP contribution in [0.4, 0.5) is 0 Å². The standard InChI is InChI=1S/C24H24BrNO5/c1-2-30-18-10-8-15(9-11-18)22(27)20-21(16-5-3-6-17(25)13-16)26(24(29)23(20)28)14-19-7-4-12-31-19/h3,5-6,8-11,13,19,21,27H,2,4,7,12,14H2,1H3. The van der Waals surface area contributed by atoms with Gasteiger partial charge in [0.15, 0.2) is 0 Å². The monoisotopic (exact) mass is 485 g/mol. The lowest BCUT2D eigenvalue weighted by atomic mass is 9.95. The largest absolute Gasteiger partial charge is 0.507 e. The number of aliphatic hydroxyl groups excluding tert-OH is 1. The molecular formula is C24H24BrNO5. The minimum Gasteiger partial charge on any atom is -0.507 e. The van der Waals surface area contributed by atoms with Gasteiger partial charge in [0.25, 0.3) is 11.7 Å². The summed E-state index contributed by atoms with van der Waals surface area (Å²) in [4.78, 5) is 27.6. The first-order chi connectivity index (χ1) is 15.0. The zero-order valence-corrected chi connectivity index (χ0v) is 18.8. The van der Waals surface area contributed by atoms with E-state index in [4.69, 9.17) is 9.47 Å². The summed E-state index contributed by atoms with van der Waals surface area (Å²) in [6.07, 6.45) is 1.66. The van der Waals surface area contributed by atoms with Crippen molar-refractivity contribution in [3.63, 3.8) is 0 Å². The molecule has 0 saturated carbocycles. The van der Waals surface area contributed by atoms with Crippen LogP contribution in [0.25, 0.3) is 5.76 Å². The molecule has 0 aliphatic carbocycles. The first kappa shape index (κ1) is 21.6. The van der Waals surface area contributed by atoms with Gasteiger partial charge in [-0.3, -0.25) is 9.59 Å². The minimum atomic E-state index is -0.687. The van der Waals surface area contributed by atoms with Gasteiger partial charge in [-0.1, -0.05) is 28.1 Å². The maximum absolute atomic E-state index is 13.1. The number of carbonyl (C=O) groups excluding carboxylic acids is 2. The van der Waals surface area contributed by atoms with E-state index in [1.54, 1.807) is 24.3 Å². The number of likely N-dealkylation sites (tertiary alicyclic amines) is 1. The fraction of sp³-hybridized carbons (Fsp3) is 0.333. The summed E-state index contributed by atoms with van der Waals surface area (Å²) >= 11 is 3.47. The van der Waals surface area contributed by atoms with Gasteiger partial charge >= 0.3 is 0 Å². The van der Waals surface area contributed by atoms with Crippen molar-refractivity contribution in [2.45, 2.75) is 31.9 Å². The minimum absolute atomic E-state index is 0.0882. The van der Waals surface area contributed by atoms with Crippen LogP contribution in [0.2, 0.25) is 0 Å². The van der Waals surface area contributed by atoms with E-state index in [-0.39, 0.29) is 17.4 Å². The Bertz CT molecular complexity index is 1010. The number of ether oxygens (including phenoxy) is 2. The van der Waals surface area contributed by atoms with E-state index < -0.39 is 17.7 Å². The maximum atomic E-state index is 13.1. The van der Waals surface area contributed by atoms with Crippen molar-refractivity contribution in [3.8, 4) is 5.75 Å². The van der Waals surface area contributed by atoms with E-state index in [9.17, 15) is 14.7 Å². The Morgan fingerprint density at radius 1 is 1.23 bits per heavy atom. The third kappa shape index (κ3) is 4.38. The fourth-order valence-electron chi connectivity index (χ4n) is 4.13. The van der Waals surface area contributed by atoms with Gasteiger partial charge in [-0.05, 0) is 61.7 Å². The SMILES string of the molecule is CCOc1ccc(C(O)=C2C(=O)C(=O)N(CC3CCCO3)C2c2cccc(Br)c2)cc1. The van der Waals surface area contributed by atoms with Crippen LogP contribution < -0.4 is 4.74 Å². The number of hydrogen-bond donors (Lipinski definition) is 1. The number of carbonyl (C=O) groups is 2. The molecule has 2 aliphatic heterocycles. The molecule has 2 heterocycles. The lowest BCUT2D eigenvalue weighted by Crippen LogP contribution is -2.36. The molecule has 2 saturated heterocycles. The number of amides is 1. The fourth-order valence-corrected chi connectivity index (χ4v) is 4.55. The Kier molecular flexibility index (Phi) is 6.43. The predicted molar refractivity (Wildman–Crippen MR) is 120 cm³/mol. The van der Waals surface area contributed by atoms with Crippen molar-refractivity contribution in [1.29, 1.82) is 0 Å². The summed E-state index contributed by atoms with van der Waals surface area (Å²) in [5.41, 5.74) is 1.29. The number of aliphatic hydroxyl groups is 1. The van der Waals surface area contributed by atoms with Crippen molar-refractivity contribution >= 4 is 33.4 Å². The molecule has 162 valence electrons. The van der Waals surface area contributed by atoms with Gasteiger partial charge in [0.2, 0.25) is 0 Å². The van der Waals surface area contributed by atoms with Crippen molar-refractivity contribution in [1.82, 2.24) is 4.90 Å². The Morgan fingerprint density at radius 2 is 2.00 bits per heavy atom. The Balaban J connectivity index is 1.78. The van der Waals surface area contributed by atoms with Gasteiger partial charge in [0, 0.05) is 23.2 Å². The lowest BCUT2D eigenvalue weighted by Gasteiger charge is -2.27. The molecule has 2 atom stereocenters. The number of hydrogen-bond acceptors (Lipinski definition) is 5. The Morgan fingerprint density at radius 3 is 2.65 bits per heavy atom. The molecule has 1 amide bonds. The molecule has 2 unspecified atom stereocenters. The van der Waals surface area contributed by atoms with Crippen LogP contribution in [-0.4, -0.2) is 47.6 Å². The van der Waals surface area contributed by atoms with Gasteiger partial charge < -0.3 is 19.5 Å². The van der Waals surface area contributed by atoms with E-state index >= 15 is 0 Å². The van der Waals surface area contributed by atoms with E-state index in [1.165, 1.54) is 4.90 Å². The predicted octanol–water partition coefficient (Wildman–Crippen LogP) is 4.45. The second-order valence-electron chi connectivity index (χ2n) is 7.60.